The van der Waals surface area contributed by atoms with Gasteiger partial charge in [-0.15, -0.1) is 0 Å². The number of carbonyl (C=O) groups excluding carboxylic acids is 3. The molecule has 1 unspecified atom stereocenters. The van der Waals surface area contributed by atoms with Crippen molar-refractivity contribution in [2.75, 3.05) is 5.32 Å². The molecule has 0 bridgehead atoms. The van der Waals surface area contributed by atoms with Crippen molar-refractivity contribution in [3.05, 3.63) is 41.4 Å². The van der Waals surface area contributed by atoms with E-state index < -0.39 is 5.92 Å². The minimum atomic E-state index is -0.519. The van der Waals surface area contributed by atoms with Crippen molar-refractivity contribution < 1.29 is 18.9 Å². The van der Waals surface area contributed by atoms with Gasteiger partial charge in [0.1, 0.15) is 17.9 Å². The Hall–Kier alpha value is -3.49. The maximum absolute atomic E-state index is 12.6. The summed E-state index contributed by atoms with van der Waals surface area (Å²) in [6.07, 6.45) is 0.668. The molecule has 144 valence electrons. The summed E-state index contributed by atoms with van der Waals surface area (Å²) >= 11 is 0. The van der Waals surface area contributed by atoms with Crippen LogP contribution < -0.4 is 10.6 Å². The normalized spacial score (nSPS) is 17.0. The van der Waals surface area contributed by atoms with Gasteiger partial charge in [-0.2, -0.15) is 5.10 Å². The highest BCUT2D eigenvalue weighted by Crippen LogP contribution is 2.30. The number of aryl methyl sites for hydroxylation is 2. The second-order valence-corrected chi connectivity index (χ2v) is 6.81. The average Bonchev–Trinajstić information content (AvgIpc) is 3.17. The lowest BCUT2D eigenvalue weighted by Crippen LogP contribution is -2.39. The number of para-hydroxylation sites is 1. The quantitative estimate of drug-likeness (QED) is 0.665. The highest BCUT2D eigenvalue weighted by molar-refractivity contribution is 6.02. The van der Waals surface area contributed by atoms with Crippen molar-refractivity contribution in [2.45, 2.75) is 39.2 Å². The summed E-state index contributed by atoms with van der Waals surface area (Å²) in [6, 6.07) is 7.42. The van der Waals surface area contributed by atoms with Gasteiger partial charge in [0.05, 0.1) is 17.1 Å². The topological polar surface area (TPSA) is 119 Å². The van der Waals surface area contributed by atoms with Crippen LogP contribution in [0.4, 0.5) is 5.69 Å². The third-order valence-electron chi connectivity index (χ3n) is 4.85. The highest BCUT2D eigenvalue weighted by atomic mass is 16.5. The number of amides is 3. The molecule has 9 heteroatoms. The van der Waals surface area contributed by atoms with Gasteiger partial charge in [-0.3, -0.25) is 24.4 Å². The molecule has 9 nitrogen and oxygen atoms in total. The number of benzene rings is 1. The molecule has 2 aromatic heterocycles. The van der Waals surface area contributed by atoms with Crippen molar-refractivity contribution in [2.24, 2.45) is 0 Å². The lowest BCUT2D eigenvalue weighted by atomic mass is 9.93. The van der Waals surface area contributed by atoms with E-state index in [2.05, 4.69) is 20.9 Å². The van der Waals surface area contributed by atoms with Crippen LogP contribution in [0.1, 0.15) is 35.9 Å². The van der Waals surface area contributed by atoms with Crippen molar-refractivity contribution >= 4 is 34.3 Å². The van der Waals surface area contributed by atoms with Gasteiger partial charge in [-0.1, -0.05) is 23.4 Å². The minimum Gasteiger partial charge on any atom is -0.359 e. The monoisotopic (exact) mass is 381 g/mol. The van der Waals surface area contributed by atoms with Gasteiger partial charge in [-0.25, -0.2) is 0 Å². The van der Waals surface area contributed by atoms with E-state index in [-0.39, 0.29) is 30.7 Å². The maximum atomic E-state index is 12.6. The minimum absolute atomic E-state index is 0.0299. The Morgan fingerprint density at radius 2 is 2.11 bits per heavy atom. The second-order valence-electron chi connectivity index (χ2n) is 6.81. The lowest BCUT2D eigenvalue weighted by Gasteiger charge is -2.19. The summed E-state index contributed by atoms with van der Waals surface area (Å²) < 4.78 is 6.63. The SMILES string of the molecule is Cc1noc(C)c1NC(=O)Cn1nc(C2CCC(=O)NC2=O)c2ccccc21. The molecule has 3 amide bonds. The molecule has 3 heterocycles. The predicted octanol–water partition coefficient (Wildman–Crippen LogP) is 1.80. The van der Waals surface area contributed by atoms with E-state index in [0.717, 1.165) is 10.9 Å². The first-order valence-electron chi connectivity index (χ1n) is 8.96. The van der Waals surface area contributed by atoms with Gasteiger partial charge in [0, 0.05) is 11.8 Å². The fourth-order valence-corrected chi connectivity index (χ4v) is 3.46. The fourth-order valence-electron chi connectivity index (χ4n) is 3.46. The van der Waals surface area contributed by atoms with Gasteiger partial charge in [-0.05, 0) is 26.3 Å². The number of anilines is 1. The average molecular weight is 381 g/mol. The smallest absolute Gasteiger partial charge is 0.246 e. The maximum Gasteiger partial charge on any atom is 0.246 e. The Kier molecular flexibility index (Phi) is 4.42. The number of fused-ring (bicyclic) bond motifs is 1. The summed E-state index contributed by atoms with van der Waals surface area (Å²) in [4.78, 5) is 36.3. The summed E-state index contributed by atoms with van der Waals surface area (Å²) in [6.45, 7) is 3.44. The summed E-state index contributed by atoms with van der Waals surface area (Å²) in [5.74, 6) is -0.900. The molecule has 1 atom stereocenters. The number of carbonyl (C=O) groups is 3. The predicted molar refractivity (Wildman–Crippen MR) is 99.5 cm³/mol. The van der Waals surface area contributed by atoms with Crippen molar-refractivity contribution in [3.8, 4) is 0 Å². The summed E-state index contributed by atoms with van der Waals surface area (Å²) in [7, 11) is 0. The van der Waals surface area contributed by atoms with Gasteiger partial charge < -0.3 is 9.84 Å². The van der Waals surface area contributed by atoms with Crippen molar-refractivity contribution in [1.29, 1.82) is 0 Å². The van der Waals surface area contributed by atoms with Crippen LogP contribution in [0.2, 0.25) is 0 Å². The van der Waals surface area contributed by atoms with Crippen molar-refractivity contribution in [3.63, 3.8) is 0 Å². The zero-order chi connectivity index (χ0) is 19.8. The first-order valence-corrected chi connectivity index (χ1v) is 8.96. The van der Waals surface area contributed by atoms with E-state index in [1.807, 2.05) is 24.3 Å². The number of nitrogens with one attached hydrogen (secondary N) is 2. The van der Waals surface area contributed by atoms with E-state index >= 15 is 0 Å². The Morgan fingerprint density at radius 1 is 1.32 bits per heavy atom. The summed E-state index contributed by atoms with van der Waals surface area (Å²) in [5, 5.41) is 14.3. The van der Waals surface area contributed by atoms with Gasteiger partial charge >= 0.3 is 0 Å². The molecule has 1 aliphatic heterocycles. The number of aromatic nitrogens is 3. The van der Waals surface area contributed by atoms with Gasteiger partial charge in [0.2, 0.25) is 17.7 Å². The molecule has 1 fully saturated rings. The molecule has 0 saturated carbocycles. The highest BCUT2D eigenvalue weighted by Gasteiger charge is 2.32. The van der Waals surface area contributed by atoms with Crippen LogP contribution >= 0.6 is 0 Å². The zero-order valence-electron chi connectivity index (χ0n) is 15.5. The molecular weight excluding hydrogens is 362 g/mol. The van der Waals surface area contributed by atoms with Crippen LogP contribution in [-0.2, 0) is 20.9 Å². The van der Waals surface area contributed by atoms with Gasteiger partial charge in [0.25, 0.3) is 0 Å². The van der Waals surface area contributed by atoms with Crippen LogP contribution in [-0.4, -0.2) is 32.7 Å². The number of hydrogen-bond acceptors (Lipinski definition) is 6. The van der Waals surface area contributed by atoms with Crippen LogP contribution in [0.25, 0.3) is 10.9 Å². The van der Waals surface area contributed by atoms with E-state index in [1.165, 1.54) is 0 Å². The molecule has 4 rings (SSSR count). The molecule has 0 spiro atoms. The molecule has 1 aliphatic rings. The van der Waals surface area contributed by atoms with E-state index in [0.29, 0.717) is 29.3 Å². The van der Waals surface area contributed by atoms with Crippen LogP contribution in [0.15, 0.2) is 28.8 Å². The number of piperidine rings is 1. The molecular formula is C19H19N5O4. The summed E-state index contributed by atoms with van der Waals surface area (Å²) in [5.41, 5.74) is 2.47. The van der Waals surface area contributed by atoms with E-state index in [4.69, 9.17) is 4.52 Å². The number of rotatable bonds is 4. The first-order chi connectivity index (χ1) is 13.4. The lowest BCUT2D eigenvalue weighted by molar-refractivity contribution is -0.134. The molecule has 28 heavy (non-hydrogen) atoms. The molecule has 1 aromatic carbocycles. The Balaban J connectivity index is 1.64. The van der Waals surface area contributed by atoms with Gasteiger partial charge in [0.15, 0.2) is 5.76 Å². The molecule has 0 radical (unpaired) electrons. The molecule has 3 aromatic rings. The first kappa shape index (κ1) is 17.9. The van der Waals surface area contributed by atoms with Crippen LogP contribution in [0, 0.1) is 13.8 Å². The van der Waals surface area contributed by atoms with Crippen molar-refractivity contribution in [1.82, 2.24) is 20.3 Å². The third kappa shape index (κ3) is 3.15. The molecule has 0 aliphatic carbocycles. The van der Waals surface area contributed by atoms with Crippen LogP contribution in [0.5, 0.6) is 0 Å². The van der Waals surface area contributed by atoms with E-state index in [9.17, 15) is 14.4 Å². The zero-order valence-corrected chi connectivity index (χ0v) is 15.5. The second kappa shape index (κ2) is 6.91. The molecule has 2 N–H and O–H groups in total. The Morgan fingerprint density at radius 3 is 2.82 bits per heavy atom. The fraction of sp³-hybridized carbons (Fsp3) is 0.316. The largest absolute Gasteiger partial charge is 0.359 e. The van der Waals surface area contributed by atoms with E-state index in [1.54, 1.807) is 18.5 Å². The molecule has 1 saturated heterocycles. The number of hydrogen-bond donors (Lipinski definition) is 2. The van der Waals surface area contributed by atoms with Crippen LogP contribution in [0.3, 0.4) is 0 Å². The standard InChI is InChI=1S/C19H19N5O4/c1-10-17(11(2)28-23-10)20-16(26)9-24-14-6-4-3-5-12(14)18(22-24)13-7-8-15(25)21-19(13)27/h3-6,13H,7-9H2,1-2H3,(H,20,26)(H,21,25,27). The number of nitrogens with zero attached hydrogens (tertiary/aromatic N) is 3. The third-order valence-corrected chi connectivity index (χ3v) is 4.85. The Bertz CT molecular complexity index is 1080. The number of imide groups is 1. The Labute approximate surface area is 160 Å².